The van der Waals surface area contributed by atoms with Crippen LogP contribution in [0.5, 0.6) is 0 Å². The maximum atomic E-state index is 9.08. The number of hydrogen-bond donors (Lipinski definition) is 1. The van der Waals surface area contributed by atoms with Crippen LogP contribution in [-0.2, 0) is 0 Å². The summed E-state index contributed by atoms with van der Waals surface area (Å²) < 4.78 is 0. The highest BCUT2D eigenvalue weighted by Gasteiger charge is 2.14. The van der Waals surface area contributed by atoms with Crippen molar-refractivity contribution in [2.45, 2.75) is 25.9 Å². The van der Waals surface area contributed by atoms with Gasteiger partial charge in [-0.05, 0) is 19.8 Å². The Kier molecular flexibility index (Phi) is 2.49. The van der Waals surface area contributed by atoms with E-state index in [1.807, 2.05) is 6.92 Å². The lowest BCUT2D eigenvalue weighted by molar-refractivity contribution is 0.0955. The van der Waals surface area contributed by atoms with Gasteiger partial charge in [-0.3, -0.25) is 4.90 Å². The van der Waals surface area contributed by atoms with Crippen LogP contribution in [0.4, 0.5) is 0 Å². The van der Waals surface area contributed by atoms with Gasteiger partial charge in [0.25, 0.3) is 0 Å². The molecule has 0 atom stereocenters. The molecule has 9 heavy (non-hydrogen) atoms. The molecule has 0 unspecified atom stereocenters. The molecule has 1 radical (unpaired) electrons. The molecule has 0 aromatic rings. The number of nitrogens with zero attached hydrogens (tertiary/aromatic N) is 1. The normalized spacial score (nSPS) is 24.7. The summed E-state index contributed by atoms with van der Waals surface area (Å²) in [6, 6.07) is 0. The van der Waals surface area contributed by atoms with Crippen molar-refractivity contribution in [3.8, 4) is 0 Å². The van der Waals surface area contributed by atoms with Gasteiger partial charge in [0, 0.05) is 19.6 Å². The topological polar surface area (TPSA) is 23.5 Å². The van der Waals surface area contributed by atoms with Crippen molar-refractivity contribution in [1.29, 1.82) is 0 Å². The highest BCUT2D eigenvalue weighted by molar-refractivity contribution is 4.73. The van der Waals surface area contributed by atoms with Crippen LogP contribution in [0.3, 0.4) is 0 Å². The third-order valence-electron chi connectivity index (χ3n) is 1.86. The Morgan fingerprint density at radius 2 is 2.00 bits per heavy atom. The number of piperidine rings is 1. The molecular formula is C7H14NO. The molecule has 1 N–H and O–H groups in total. The smallest absolute Gasteiger partial charge is 0.0564 e. The van der Waals surface area contributed by atoms with Crippen molar-refractivity contribution >= 4 is 0 Å². The predicted molar refractivity (Wildman–Crippen MR) is 36.8 cm³/mol. The van der Waals surface area contributed by atoms with Gasteiger partial charge in [0.15, 0.2) is 0 Å². The first-order valence-electron chi connectivity index (χ1n) is 3.54. The van der Waals surface area contributed by atoms with Crippen molar-refractivity contribution in [3.63, 3.8) is 0 Å². The Morgan fingerprint density at radius 1 is 1.44 bits per heavy atom. The van der Waals surface area contributed by atoms with Gasteiger partial charge in [0.1, 0.15) is 0 Å². The Labute approximate surface area is 56.5 Å². The van der Waals surface area contributed by atoms with Crippen molar-refractivity contribution in [1.82, 2.24) is 4.90 Å². The summed E-state index contributed by atoms with van der Waals surface area (Å²) in [6.45, 7) is 6.18. The molecule has 0 amide bonds. The van der Waals surface area contributed by atoms with Crippen LogP contribution >= 0.6 is 0 Å². The molecular weight excluding hydrogens is 114 g/mol. The van der Waals surface area contributed by atoms with Gasteiger partial charge in [0.05, 0.1) is 6.10 Å². The standard InChI is InChI=1S/C7H14NO/c1-2-8-5-3-7(9)4-6-8/h2,7,9H,3-6H2,1H3. The molecule has 0 bridgehead atoms. The Morgan fingerprint density at radius 3 is 2.44 bits per heavy atom. The highest BCUT2D eigenvalue weighted by Crippen LogP contribution is 2.09. The first-order chi connectivity index (χ1) is 4.33. The monoisotopic (exact) mass is 128 g/mol. The summed E-state index contributed by atoms with van der Waals surface area (Å²) in [6.07, 6.45) is 1.83. The summed E-state index contributed by atoms with van der Waals surface area (Å²) >= 11 is 0. The van der Waals surface area contributed by atoms with E-state index in [4.69, 9.17) is 5.11 Å². The molecule has 1 fully saturated rings. The van der Waals surface area contributed by atoms with E-state index in [0.717, 1.165) is 25.9 Å². The predicted octanol–water partition coefficient (Wildman–Crippen LogP) is 0.625. The quantitative estimate of drug-likeness (QED) is 0.559. The van der Waals surface area contributed by atoms with Crippen LogP contribution in [0.1, 0.15) is 19.8 Å². The van der Waals surface area contributed by atoms with Gasteiger partial charge in [0.2, 0.25) is 0 Å². The third kappa shape index (κ3) is 1.95. The maximum Gasteiger partial charge on any atom is 0.0564 e. The van der Waals surface area contributed by atoms with E-state index < -0.39 is 0 Å². The van der Waals surface area contributed by atoms with E-state index >= 15 is 0 Å². The lowest BCUT2D eigenvalue weighted by Crippen LogP contribution is -2.33. The summed E-state index contributed by atoms with van der Waals surface area (Å²) in [5.74, 6) is 0. The molecule has 0 aliphatic carbocycles. The molecule has 0 spiro atoms. The second-order valence-electron chi connectivity index (χ2n) is 2.53. The van der Waals surface area contributed by atoms with Crippen molar-refractivity contribution in [2.24, 2.45) is 0 Å². The second kappa shape index (κ2) is 3.18. The van der Waals surface area contributed by atoms with Gasteiger partial charge in [-0.2, -0.15) is 0 Å². The van der Waals surface area contributed by atoms with Crippen molar-refractivity contribution in [3.05, 3.63) is 6.54 Å². The zero-order chi connectivity index (χ0) is 6.69. The molecule has 0 saturated carbocycles. The molecule has 0 aromatic heterocycles. The number of likely N-dealkylation sites (tertiary alicyclic amines) is 1. The SMILES string of the molecule is C[CH]N1CCC(O)CC1. The van der Waals surface area contributed by atoms with E-state index in [9.17, 15) is 0 Å². The number of rotatable bonds is 1. The van der Waals surface area contributed by atoms with Crippen LogP contribution in [0.25, 0.3) is 0 Å². The minimum atomic E-state index is -0.0406. The fourth-order valence-electron chi connectivity index (χ4n) is 1.14. The van der Waals surface area contributed by atoms with Gasteiger partial charge in [-0.25, -0.2) is 0 Å². The first-order valence-corrected chi connectivity index (χ1v) is 3.54. The molecule has 1 heterocycles. The summed E-state index contributed by atoms with van der Waals surface area (Å²) in [5.41, 5.74) is 0. The van der Waals surface area contributed by atoms with Crippen LogP contribution in [-0.4, -0.2) is 29.2 Å². The van der Waals surface area contributed by atoms with Crippen LogP contribution < -0.4 is 0 Å². The largest absolute Gasteiger partial charge is 0.393 e. The van der Waals surface area contributed by atoms with E-state index in [-0.39, 0.29) is 6.10 Å². The van der Waals surface area contributed by atoms with E-state index in [0.29, 0.717) is 0 Å². The molecule has 1 aliphatic heterocycles. The lowest BCUT2D eigenvalue weighted by atomic mass is 10.1. The van der Waals surface area contributed by atoms with E-state index in [1.54, 1.807) is 0 Å². The number of aliphatic hydroxyl groups is 1. The maximum absolute atomic E-state index is 9.08. The minimum Gasteiger partial charge on any atom is -0.393 e. The van der Waals surface area contributed by atoms with Crippen LogP contribution in [0, 0.1) is 6.54 Å². The number of aliphatic hydroxyl groups excluding tert-OH is 1. The average Bonchev–Trinajstić information content (AvgIpc) is 1.90. The summed E-state index contributed by atoms with van der Waals surface area (Å²) in [7, 11) is 0. The van der Waals surface area contributed by atoms with E-state index in [2.05, 4.69) is 11.4 Å². The van der Waals surface area contributed by atoms with Crippen LogP contribution in [0.15, 0.2) is 0 Å². The molecule has 53 valence electrons. The molecule has 1 aliphatic rings. The zero-order valence-electron chi connectivity index (χ0n) is 5.88. The highest BCUT2D eigenvalue weighted by atomic mass is 16.3. The van der Waals surface area contributed by atoms with Crippen LogP contribution in [0.2, 0.25) is 0 Å². The Balaban J connectivity index is 2.18. The molecule has 1 saturated heterocycles. The Hall–Kier alpha value is -0.0800. The lowest BCUT2D eigenvalue weighted by Gasteiger charge is -2.27. The summed E-state index contributed by atoms with van der Waals surface area (Å²) in [4.78, 5) is 2.24. The molecule has 0 aromatic carbocycles. The summed E-state index contributed by atoms with van der Waals surface area (Å²) in [5, 5.41) is 9.08. The van der Waals surface area contributed by atoms with Crippen molar-refractivity contribution < 1.29 is 5.11 Å². The van der Waals surface area contributed by atoms with Gasteiger partial charge in [-0.15, -0.1) is 0 Å². The average molecular weight is 128 g/mol. The minimum absolute atomic E-state index is 0.0406. The zero-order valence-corrected chi connectivity index (χ0v) is 5.88. The third-order valence-corrected chi connectivity index (χ3v) is 1.86. The second-order valence-corrected chi connectivity index (χ2v) is 2.53. The van der Waals surface area contributed by atoms with E-state index in [1.165, 1.54) is 0 Å². The number of hydrogen-bond acceptors (Lipinski definition) is 2. The first kappa shape index (κ1) is 7.03. The fourth-order valence-corrected chi connectivity index (χ4v) is 1.14. The molecule has 1 rings (SSSR count). The molecule has 2 heteroatoms. The van der Waals surface area contributed by atoms with Crippen molar-refractivity contribution in [2.75, 3.05) is 13.1 Å². The molecule has 2 nitrogen and oxygen atoms in total. The Bertz CT molecular complexity index is 77.0. The van der Waals surface area contributed by atoms with Gasteiger partial charge >= 0.3 is 0 Å². The fraction of sp³-hybridized carbons (Fsp3) is 0.857. The van der Waals surface area contributed by atoms with Gasteiger partial charge in [-0.1, -0.05) is 0 Å². The van der Waals surface area contributed by atoms with Gasteiger partial charge < -0.3 is 5.11 Å².